The molecule has 0 aromatic carbocycles. The number of hydrogen-bond acceptors (Lipinski definition) is 19. The minimum absolute atomic E-state index is 0. The first-order chi connectivity index (χ1) is 21.1. The first kappa shape index (κ1) is 46.0. The zero-order valence-electron chi connectivity index (χ0n) is 23.6. The maximum absolute atomic E-state index is 8.25. The molecule has 0 fully saturated rings. The van der Waals surface area contributed by atoms with Crippen LogP contribution in [0, 0.1) is 81.6 Å². The van der Waals surface area contributed by atoms with Crippen molar-refractivity contribution in [3.63, 3.8) is 0 Å². The van der Waals surface area contributed by atoms with E-state index in [0.717, 1.165) is 0 Å². The summed E-state index contributed by atoms with van der Waals surface area (Å²) in [7, 11) is 0. The first-order valence-electron chi connectivity index (χ1n) is 10.9. The molecule has 48 heavy (non-hydrogen) atoms. The largest absolute Gasteiger partial charge is 3.00 e. The van der Waals surface area contributed by atoms with E-state index in [9.17, 15) is 0 Å². The third kappa shape index (κ3) is 17.7. The molecule has 0 radical (unpaired) electrons. The van der Waals surface area contributed by atoms with Gasteiger partial charge in [0.2, 0.25) is 0 Å². The van der Waals surface area contributed by atoms with Gasteiger partial charge in [-0.1, -0.05) is 12.1 Å². The van der Waals surface area contributed by atoms with E-state index in [1.165, 1.54) is 25.3 Å². The maximum Gasteiger partial charge on any atom is 3.00 e. The van der Waals surface area contributed by atoms with Crippen molar-refractivity contribution in [2.75, 3.05) is 0 Å². The number of aromatic nitrogens is 14. The van der Waals surface area contributed by atoms with E-state index >= 15 is 0 Å². The fourth-order valence-electron chi connectivity index (χ4n) is 2.64. The molecule has 6 aromatic rings. The van der Waals surface area contributed by atoms with Gasteiger partial charge in [-0.25, -0.2) is 48.6 Å². The summed E-state index contributed by atoms with van der Waals surface area (Å²) in [4.78, 5) is 49.0. The number of pyridine rings is 2. The van der Waals surface area contributed by atoms with E-state index < -0.39 is 15.3 Å². The van der Waals surface area contributed by atoms with Crippen LogP contribution in [0.5, 0.6) is 0 Å². The van der Waals surface area contributed by atoms with Crippen LogP contribution in [0.15, 0.2) is 87.0 Å². The fourth-order valence-corrected chi connectivity index (χ4v) is 2.64. The number of nitrogens with zero attached hydrogens (tertiary/aromatic N) is 17. The van der Waals surface area contributed by atoms with E-state index in [1.54, 1.807) is 44.0 Å². The summed E-state index contributed by atoms with van der Waals surface area (Å²) < 4.78 is 6.34. The van der Waals surface area contributed by atoms with Gasteiger partial charge in [-0.15, -0.1) is 0 Å². The van der Waals surface area contributed by atoms with Crippen LogP contribution < -0.4 is 0 Å². The van der Waals surface area contributed by atoms with Gasteiger partial charge < -0.3 is 62.4 Å². The molecule has 6 rings (SSSR count). The molecule has 0 bridgehead atoms. The number of hydrogen-bond donors (Lipinski definition) is 0. The van der Waals surface area contributed by atoms with Crippen molar-refractivity contribution in [2.45, 2.75) is 0 Å². The second-order valence-corrected chi connectivity index (χ2v) is 6.74. The van der Waals surface area contributed by atoms with Gasteiger partial charge in [0.25, 0.3) is 0 Å². The molecule has 0 spiro atoms. The summed E-state index contributed by atoms with van der Waals surface area (Å²) in [6.07, 6.45) is 12.2. The van der Waals surface area contributed by atoms with Crippen LogP contribution in [-0.2, 0) is 11.0 Å². The van der Waals surface area contributed by atoms with Gasteiger partial charge in [0, 0.05) is 0 Å². The molecule has 29 nitrogen and oxygen atoms in total. The van der Waals surface area contributed by atoms with E-state index in [1.807, 2.05) is 36.4 Å². The van der Waals surface area contributed by atoms with Crippen LogP contribution >= 0.6 is 0 Å². The van der Waals surface area contributed by atoms with Gasteiger partial charge >= 0.3 is 35.6 Å². The molecule has 0 atom stereocenters. The zero-order chi connectivity index (χ0) is 32.3. The quantitative estimate of drug-likeness (QED) is 0.0979. The van der Waals surface area contributed by atoms with Crippen LogP contribution in [0.1, 0.15) is 0 Å². The standard InChI is InChI=1S/2C9H7N7.La.3NO3.3H2O/c2*1-2-8(15-6-10-4-12-15)14-9(3-1)16-7-11-5-13-16;;3*2-1(3)4;;;/h2*1-7H;;;;;3*1H2/q;;+3;3*-1;;;/p+2. The molecule has 30 heteroatoms. The molecule has 6 aromatic heterocycles. The maximum atomic E-state index is 8.25. The molecule has 0 saturated heterocycles. The summed E-state index contributed by atoms with van der Waals surface area (Å²) in [6.45, 7) is 0. The zero-order valence-corrected chi connectivity index (χ0v) is 27.2. The Balaban J connectivity index is -0.000000598. The Bertz CT molecular complexity index is 1440. The van der Waals surface area contributed by atoms with Crippen LogP contribution in [0.3, 0.4) is 0 Å². The molecule has 0 unspecified atom stereocenters. The summed E-state index contributed by atoms with van der Waals surface area (Å²) in [5.74, 6) is 2.74. The molecule has 0 saturated carbocycles. The van der Waals surface area contributed by atoms with Crippen LogP contribution in [0.4, 0.5) is 0 Å². The van der Waals surface area contributed by atoms with Gasteiger partial charge in [0.05, 0.1) is 15.3 Å². The van der Waals surface area contributed by atoms with Crippen LogP contribution in [0.25, 0.3) is 23.3 Å². The second-order valence-electron chi connectivity index (χ2n) is 6.74. The summed E-state index contributed by atoms with van der Waals surface area (Å²) in [5, 5.41) is 60.3. The summed E-state index contributed by atoms with van der Waals surface area (Å²) in [5.41, 5.74) is 0. The van der Waals surface area contributed by atoms with Gasteiger partial charge in [0.15, 0.2) is 23.3 Å². The van der Waals surface area contributed by atoms with E-state index in [2.05, 4.69) is 50.3 Å². The third-order valence-electron chi connectivity index (χ3n) is 4.05. The Morgan fingerprint density at radius 2 is 0.646 bits per heavy atom. The molecule has 8 N–H and O–H groups in total. The molecule has 6 heterocycles. The van der Waals surface area contributed by atoms with Crippen molar-refractivity contribution in [2.24, 2.45) is 0 Å². The van der Waals surface area contributed by atoms with E-state index in [0.29, 0.717) is 23.3 Å². The molecule has 0 amide bonds. The van der Waals surface area contributed by atoms with Gasteiger partial charge in [0.1, 0.15) is 50.6 Å². The minimum atomic E-state index is -1.75. The Morgan fingerprint density at radius 1 is 0.458 bits per heavy atom. The SMILES string of the molecule is O.O=[N+]([O-])[O-].O=[N+]([O-])[O-].O=[N+]([O-])[O-].[La+3].[OH3+].[OH3+].c1cc(-n2cncn2)nc(-n2cncn2)c1.c1cc(-n2cncn2)nc(-n2cncn2)c1. The van der Waals surface area contributed by atoms with E-state index in [4.69, 9.17) is 46.0 Å². The van der Waals surface area contributed by atoms with Crippen molar-refractivity contribution in [3.05, 3.63) is 133 Å². The van der Waals surface area contributed by atoms with Crippen molar-refractivity contribution in [1.29, 1.82) is 0 Å². The Labute approximate surface area is 291 Å². The van der Waals surface area contributed by atoms with Gasteiger partial charge in [-0.2, -0.15) is 20.4 Å². The summed E-state index contributed by atoms with van der Waals surface area (Å²) >= 11 is 0. The van der Waals surface area contributed by atoms with Crippen molar-refractivity contribution >= 4 is 0 Å². The van der Waals surface area contributed by atoms with Crippen molar-refractivity contribution in [3.8, 4) is 23.3 Å². The van der Waals surface area contributed by atoms with Crippen molar-refractivity contribution in [1.82, 2.24) is 69.0 Å². The molecular formula is C18H22LaN17O12+2. The van der Waals surface area contributed by atoms with Gasteiger partial charge in [-0.3, -0.25) is 0 Å². The molecule has 0 aliphatic carbocycles. The average Bonchev–Trinajstić information content (AvgIpc) is 3.81. The van der Waals surface area contributed by atoms with Gasteiger partial charge in [-0.05, 0) is 24.3 Å². The predicted molar refractivity (Wildman–Crippen MR) is 153 cm³/mol. The van der Waals surface area contributed by atoms with Crippen LogP contribution in [0.2, 0.25) is 0 Å². The number of rotatable bonds is 4. The second kappa shape index (κ2) is 24.8. The topological polar surface area (TPSA) is 445 Å². The first-order valence-corrected chi connectivity index (χ1v) is 10.9. The normalized spacial score (nSPS) is 8.50. The Hall–Kier alpha value is -6.47. The third-order valence-corrected chi connectivity index (χ3v) is 4.05. The van der Waals surface area contributed by atoms with Crippen LogP contribution in [-0.4, -0.2) is 89.8 Å². The van der Waals surface area contributed by atoms with E-state index in [-0.39, 0.29) is 52.0 Å². The molecule has 252 valence electrons. The smallest absolute Gasteiger partial charge is 0.457 e. The fraction of sp³-hybridized carbons (Fsp3) is 0. The average molecular weight is 807 g/mol. The Kier molecular flexibility index (Phi) is 23.8. The summed E-state index contributed by atoms with van der Waals surface area (Å²) in [6, 6.07) is 11.1. The molecule has 0 aliphatic rings. The Morgan fingerprint density at radius 3 is 0.792 bits per heavy atom. The molecule has 0 aliphatic heterocycles. The minimum Gasteiger partial charge on any atom is -0.457 e. The molecular weight excluding hydrogens is 785 g/mol. The monoisotopic (exact) mass is 807 g/mol. The van der Waals surface area contributed by atoms with Crippen molar-refractivity contribution < 1.29 is 67.3 Å². The predicted octanol–water partition coefficient (Wildman–Crippen LogP) is -2.90.